The highest BCUT2D eigenvalue weighted by Crippen LogP contribution is 2.39. The predicted octanol–water partition coefficient (Wildman–Crippen LogP) is 8.25. The van der Waals surface area contributed by atoms with E-state index in [2.05, 4.69) is 36.1 Å². The van der Waals surface area contributed by atoms with Crippen LogP contribution in [0.4, 0.5) is 29.3 Å². The number of halogens is 3. The van der Waals surface area contributed by atoms with Crippen LogP contribution in [0.15, 0.2) is 66.7 Å². The van der Waals surface area contributed by atoms with Crippen molar-refractivity contribution in [2.45, 2.75) is 65.4 Å². The van der Waals surface area contributed by atoms with Crippen molar-refractivity contribution in [1.29, 1.82) is 0 Å². The Morgan fingerprint density at radius 1 is 0.822 bits per heavy atom. The van der Waals surface area contributed by atoms with Crippen LogP contribution in [0.25, 0.3) is 0 Å². The van der Waals surface area contributed by atoms with Crippen molar-refractivity contribution in [3.8, 4) is 17.2 Å². The number of carbonyl (C=O) groups is 2. The van der Waals surface area contributed by atoms with Gasteiger partial charge in [0.2, 0.25) is 0 Å². The van der Waals surface area contributed by atoms with Gasteiger partial charge in [-0.1, -0.05) is 32.9 Å². The molecule has 1 heterocycles. The number of anilines is 2. The molecule has 8 nitrogen and oxygen atoms in total. The number of benzene rings is 3. The molecule has 0 aromatic heterocycles. The maximum atomic E-state index is 13.6. The van der Waals surface area contributed by atoms with Crippen molar-refractivity contribution in [3.05, 3.63) is 77.9 Å². The lowest BCUT2D eigenvalue weighted by atomic mass is 9.71. The summed E-state index contributed by atoms with van der Waals surface area (Å²) in [5, 5.41) is 5.71. The van der Waals surface area contributed by atoms with Crippen LogP contribution in [-0.4, -0.2) is 42.5 Å². The second kappa shape index (κ2) is 13.3. The topological polar surface area (TPSA) is 89.1 Å². The van der Waals surface area contributed by atoms with Gasteiger partial charge in [-0.15, -0.1) is 13.2 Å². The first-order valence-electron chi connectivity index (χ1n) is 15.1. The third-order valence-electron chi connectivity index (χ3n) is 8.33. The zero-order valence-corrected chi connectivity index (χ0v) is 25.6. The minimum Gasteiger partial charge on any atom is -0.486 e. The van der Waals surface area contributed by atoms with E-state index in [-0.39, 0.29) is 29.1 Å². The SMILES string of the molecule is CC(C)(C)C1CCC(N(Cc2ccc(C(=O)Nc3ccc4c(c3)OCCO4)cc2)C(=O)Nc2ccc(OC(F)(F)F)cc2)CC1. The Hall–Kier alpha value is -4.41. The molecule has 1 fully saturated rings. The normalized spacial score (nSPS) is 18.1. The van der Waals surface area contributed by atoms with Gasteiger partial charge in [-0.3, -0.25) is 4.79 Å². The standard InChI is InChI=1S/C34H38F3N3O5/c1-33(2,3)24-8-13-27(14-9-24)40(32(42)39-25-10-15-28(16-11-25)45-34(35,36)37)21-22-4-6-23(7-5-22)31(41)38-26-12-17-29-30(20-26)44-19-18-43-29/h4-7,10-12,15-17,20,24,27H,8-9,13-14,18-19,21H2,1-3H3,(H,38,41)(H,39,42). The van der Waals surface area contributed by atoms with E-state index < -0.39 is 6.36 Å². The van der Waals surface area contributed by atoms with Gasteiger partial charge in [0.15, 0.2) is 11.5 Å². The average molecular weight is 626 g/mol. The summed E-state index contributed by atoms with van der Waals surface area (Å²) in [7, 11) is 0. The smallest absolute Gasteiger partial charge is 0.486 e. The average Bonchev–Trinajstić information content (AvgIpc) is 3.00. The summed E-state index contributed by atoms with van der Waals surface area (Å²) in [6, 6.07) is 17.0. The van der Waals surface area contributed by atoms with Crippen molar-refractivity contribution in [2.75, 3.05) is 23.8 Å². The number of urea groups is 1. The molecule has 0 radical (unpaired) electrons. The van der Waals surface area contributed by atoms with Gasteiger partial charge in [0.05, 0.1) is 0 Å². The third-order valence-corrected chi connectivity index (χ3v) is 8.33. The molecule has 1 aliphatic heterocycles. The fraction of sp³-hybridized carbons (Fsp3) is 0.412. The summed E-state index contributed by atoms with van der Waals surface area (Å²) < 4.78 is 52.8. The van der Waals surface area contributed by atoms with Crippen LogP contribution in [0.5, 0.6) is 17.2 Å². The highest BCUT2D eigenvalue weighted by Gasteiger charge is 2.34. The molecule has 0 atom stereocenters. The van der Waals surface area contributed by atoms with E-state index >= 15 is 0 Å². The molecule has 5 rings (SSSR count). The number of fused-ring (bicyclic) bond motifs is 1. The highest BCUT2D eigenvalue weighted by molar-refractivity contribution is 6.04. The molecule has 1 saturated carbocycles. The summed E-state index contributed by atoms with van der Waals surface area (Å²) in [5.74, 6) is 1.11. The van der Waals surface area contributed by atoms with E-state index in [9.17, 15) is 22.8 Å². The summed E-state index contributed by atoms with van der Waals surface area (Å²) in [4.78, 5) is 28.3. The Labute approximate surface area is 260 Å². The van der Waals surface area contributed by atoms with Gasteiger partial charge in [-0.25, -0.2) is 4.79 Å². The van der Waals surface area contributed by atoms with Crippen LogP contribution < -0.4 is 24.8 Å². The largest absolute Gasteiger partial charge is 0.573 e. The lowest BCUT2D eigenvalue weighted by molar-refractivity contribution is -0.274. The maximum Gasteiger partial charge on any atom is 0.573 e. The Morgan fingerprint density at radius 3 is 2.07 bits per heavy atom. The molecule has 2 N–H and O–H groups in total. The van der Waals surface area contributed by atoms with Crippen molar-refractivity contribution in [2.24, 2.45) is 11.3 Å². The summed E-state index contributed by atoms with van der Waals surface area (Å²) in [6.45, 7) is 7.94. The minimum atomic E-state index is -4.80. The van der Waals surface area contributed by atoms with Gasteiger partial charge < -0.3 is 29.7 Å². The van der Waals surface area contributed by atoms with Crippen LogP contribution in [-0.2, 0) is 6.54 Å². The van der Waals surface area contributed by atoms with Crippen LogP contribution in [0.3, 0.4) is 0 Å². The van der Waals surface area contributed by atoms with Crippen LogP contribution >= 0.6 is 0 Å². The van der Waals surface area contributed by atoms with Gasteiger partial charge in [0.1, 0.15) is 19.0 Å². The highest BCUT2D eigenvalue weighted by atomic mass is 19.4. The maximum absolute atomic E-state index is 13.6. The molecule has 11 heteroatoms. The predicted molar refractivity (Wildman–Crippen MR) is 165 cm³/mol. The number of nitrogens with zero attached hydrogens (tertiary/aromatic N) is 1. The van der Waals surface area contributed by atoms with Gasteiger partial charge >= 0.3 is 12.4 Å². The molecule has 240 valence electrons. The van der Waals surface area contributed by atoms with E-state index in [4.69, 9.17) is 9.47 Å². The monoisotopic (exact) mass is 625 g/mol. The number of alkyl halides is 3. The second-order valence-corrected chi connectivity index (χ2v) is 12.5. The van der Waals surface area contributed by atoms with Crippen LogP contribution in [0.2, 0.25) is 0 Å². The number of hydrogen-bond acceptors (Lipinski definition) is 5. The minimum absolute atomic E-state index is 0.0189. The van der Waals surface area contributed by atoms with E-state index in [0.29, 0.717) is 54.1 Å². The molecule has 3 aromatic carbocycles. The lowest BCUT2D eigenvalue weighted by Crippen LogP contribution is -2.45. The Bertz CT molecular complexity index is 1480. The quantitative estimate of drug-likeness (QED) is 0.276. The van der Waals surface area contributed by atoms with E-state index in [1.54, 1.807) is 35.2 Å². The third kappa shape index (κ3) is 8.61. The Morgan fingerprint density at radius 2 is 1.44 bits per heavy atom. The van der Waals surface area contributed by atoms with Crippen molar-refractivity contribution in [3.63, 3.8) is 0 Å². The fourth-order valence-corrected chi connectivity index (χ4v) is 5.84. The first-order valence-corrected chi connectivity index (χ1v) is 15.1. The zero-order valence-electron chi connectivity index (χ0n) is 25.6. The zero-order chi connectivity index (χ0) is 32.2. The summed E-state index contributed by atoms with van der Waals surface area (Å²) in [6.07, 6.45) is -1.15. The molecular formula is C34H38F3N3O5. The molecule has 2 aliphatic rings. The number of nitrogens with one attached hydrogen (secondary N) is 2. The van der Waals surface area contributed by atoms with Gasteiger partial charge in [0.25, 0.3) is 5.91 Å². The lowest BCUT2D eigenvalue weighted by Gasteiger charge is -2.41. The molecule has 0 spiro atoms. The molecule has 0 saturated heterocycles. The van der Waals surface area contributed by atoms with E-state index in [1.165, 1.54) is 12.1 Å². The van der Waals surface area contributed by atoms with Crippen LogP contribution in [0, 0.1) is 11.3 Å². The first kappa shape index (κ1) is 32.0. The van der Waals surface area contributed by atoms with Crippen molar-refractivity contribution < 1.29 is 37.0 Å². The Kier molecular flexibility index (Phi) is 9.45. The fourth-order valence-electron chi connectivity index (χ4n) is 5.84. The summed E-state index contributed by atoms with van der Waals surface area (Å²) >= 11 is 0. The number of hydrogen-bond donors (Lipinski definition) is 2. The van der Waals surface area contributed by atoms with Gasteiger partial charge in [0, 0.05) is 35.6 Å². The van der Waals surface area contributed by atoms with Gasteiger partial charge in [-0.05, 0) is 91.1 Å². The molecule has 3 amide bonds. The molecule has 0 bridgehead atoms. The Balaban J connectivity index is 1.27. The molecule has 0 unspecified atom stereocenters. The molecular weight excluding hydrogens is 587 g/mol. The molecule has 45 heavy (non-hydrogen) atoms. The summed E-state index contributed by atoms with van der Waals surface area (Å²) in [5.41, 5.74) is 2.41. The number of ether oxygens (including phenoxy) is 3. The number of carbonyl (C=O) groups excluding carboxylic acids is 2. The number of rotatable bonds is 7. The second-order valence-electron chi connectivity index (χ2n) is 12.5. The molecule has 1 aliphatic carbocycles. The van der Waals surface area contributed by atoms with Crippen molar-refractivity contribution >= 4 is 23.3 Å². The van der Waals surface area contributed by atoms with E-state index in [1.807, 2.05) is 12.1 Å². The van der Waals surface area contributed by atoms with Crippen LogP contribution in [0.1, 0.15) is 62.4 Å². The van der Waals surface area contributed by atoms with Gasteiger partial charge in [-0.2, -0.15) is 0 Å². The number of amides is 3. The van der Waals surface area contributed by atoms with Crippen molar-refractivity contribution in [1.82, 2.24) is 4.90 Å². The van der Waals surface area contributed by atoms with E-state index in [0.717, 1.165) is 43.4 Å². The molecule has 3 aromatic rings. The first-order chi connectivity index (χ1) is 21.3.